The number of hydrogen-bond acceptors (Lipinski definition) is 3. The van der Waals surface area contributed by atoms with Crippen molar-refractivity contribution in [1.29, 1.82) is 0 Å². The second-order valence-corrected chi connectivity index (χ2v) is 7.06. The van der Waals surface area contributed by atoms with Crippen LogP contribution in [0.3, 0.4) is 0 Å². The maximum atomic E-state index is 13.1. The molecule has 2 aromatic rings. The molecule has 2 atom stereocenters. The Hall–Kier alpha value is -2.73. The summed E-state index contributed by atoms with van der Waals surface area (Å²) in [6.45, 7) is 1.91. The van der Waals surface area contributed by atoms with Crippen LogP contribution in [0.5, 0.6) is 0 Å². The molecule has 0 spiro atoms. The van der Waals surface area contributed by atoms with Crippen molar-refractivity contribution >= 4 is 11.8 Å². The number of carbonyl (C=O) groups excluding carboxylic acids is 2. The standard InChI is InChI=1S/C21H23FN2O3/c1-21(27,16-7-9-17(22)10-8-16)14-23-20(26)18-11-12-19(25)24(18)13-15-5-3-2-4-6-15/h2-10,18,27H,11-14H2,1H3,(H,23,26). The number of nitrogens with one attached hydrogen (secondary N) is 1. The van der Waals surface area contributed by atoms with Crippen LogP contribution in [-0.2, 0) is 21.7 Å². The molecule has 0 aliphatic carbocycles. The van der Waals surface area contributed by atoms with E-state index >= 15 is 0 Å². The Morgan fingerprint density at radius 2 is 1.89 bits per heavy atom. The lowest BCUT2D eigenvalue weighted by Crippen LogP contribution is -2.48. The Morgan fingerprint density at radius 3 is 2.56 bits per heavy atom. The van der Waals surface area contributed by atoms with Gasteiger partial charge >= 0.3 is 0 Å². The summed E-state index contributed by atoms with van der Waals surface area (Å²) in [5, 5.41) is 13.3. The monoisotopic (exact) mass is 370 g/mol. The van der Waals surface area contributed by atoms with Gasteiger partial charge in [-0.25, -0.2) is 4.39 Å². The number of hydrogen-bond donors (Lipinski definition) is 2. The first-order valence-corrected chi connectivity index (χ1v) is 8.96. The maximum absolute atomic E-state index is 13.1. The van der Waals surface area contributed by atoms with Crippen molar-refractivity contribution in [3.05, 3.63) is 71.5 Å². The molecular formula is C21H23FN2O3. The summed E-state index contributed by atoms with van der Waals surface area (Å²) in [5.74, 6) is -0.733. The van der Waals surface area contributed by atoms with E-state index in [4.69, 9.17) is 0 Å². The molecule has 0 radical (unpaired) electrons. The molecule has 6 heteroatoms. The number of benzene rings is 2. The smallest absolute Gasteiger partial charge is 0.242 e. The number of rotatable bonds is 6. The quantitative estimate of drug-likeness (QED) is 0.820. The van der Waals surface area contributed by atoms with Crippen LogP contribution >= 0.6 is 0 Å². The molecule has 142 valence electrons. The Morgan fingerprint density at radius 1 is 1.22 bits per heavy atom. The zero-order chi connectivity index (χ0) is 19.4. The van der Waals surface area contributed by atoms with Crippen LogP contribution in [0.4, 0.5) is 4.39 Å². The molecule has 2 unspecified atom stereocenters. The van der Waals surface area contributed by atoms with Crippen LogP contribution in [0.2, 0.25) is 0 Å². The largest absolute Gasteiger partial charge is 0.384 e. The second-order valence-electron chi connectivity index (χ2n) is 7.06. The van der Waals surface area contributed by atoms with E-state index in [-0.39, 0.29) is 24.2 Å². The van der Waals surface area contributed by atoms with E-state index in [0.29, 0.717) is 24.9 Å². The fourth-order valence-electron chi connectivity index (χ4n) is 3.27. The summed E-state index contributed by atoms with van der Waals surface area (Å²) in [6, 6.07) is 14.5. The van der Waals surface area contributed by atoms with Crippen molar-refractivity contribution in [2.24, 2.45) is 0 Å². The van der Waals surface area contributed by atoms with Gasteiger partial charge in [0.2, 0.25) is 11.8 Å². The van der Waals surface area contributed by atoms with Gasteiger partial charge in [-0.2, -0.15) is 0 Å². The molecule has 0 bridgehead atoms. The lowest BCUT2D eigenvalue weighted by molar-refractivity contribution is -0.136. The highest BCUT2D eigenvalue weighted by Crippen LogP contribution is 2.23. The van der Waals surface area contributed by atoms with Gasteiger partial charge in [0.05, 0.1) is 6.54 Å². The molecular weight excluding hydrogens is 347 g/mol. The average molecular weight is 370 g/mol. The Balaban J connectivity index is 1.64. The molecule has 2 N–H and O–H groups in total. The Kier molecular flexibility index (Phi) is 5.56. The molecule has 2 aromatic carbocycles. The van der Waals surface area contributed by atoms with Gasteiger partial charge in [-0.15, -0.1) is 0 Å². The van der Waals surface area contributed by atoms with Gasteiger partial charge in [0.1, 0.15) is 17.5 Å². The SMILES string of the molecule is CC(O)(CNC(=O)C1CCC(=O)N1Cc1ccccc1)c1ccc(F)cc1. The number of nitrogens with zero attached hydrogens (tertiary/aromatic N) is 1. The number of likely N-dealkylation sites (tertiary alicyclic amines) is 1. The zero-order valence-corrected chi connectivity index (χ0v) is 15.2. The van der Waals surface area contributed by atoms with Gasteiger partial charge in [0, 0.05) is 13.0 Å². The molecule has 1 fully saturated rings. The predicted molar refractivity (Wildman–Crippen MR) is 99.0 cm³/mol. The first-order valence-electron chi connectivity index (χ1n) is 8.96. The van der Waals surface area contributed by atoms with E-state index in [1.54, 1.807) is 11.8 Å². The van der Waals surface area contributed by atoms with E-state index in [9.17, 15) is 19.1 Å². The number of aliphatic hydroxyl groups is 1. The normalized spacial score (nSPS) is 19.0. The third-order valence-electron chi connectivity index (χ3n) is 4.90. The highest BCUT2D eigenvalue weighted by atomic mass is 19.1. The van der Waals surface area contributed by atoms with Gasteiger partial charge in [0.25, 0.3) is 0 Å². The Labute approximate surface area is 157 Å². The van der Waals surface area contributed by atoms with Crippen LogP contribution in [0.15, 0.2) is 54.6 Å². The van der Waals surface area contributed by atoms with Crippen LogP contribution in [-0.4, -0.2) is 34.4 Å². The van der Waals surface area contributed by atoms with Gasteiger partial charge < -0.3 is 15.3 Å². The first-order chi connectivity index (χ1) is 12.9. The van der Waals surface area contributed by atoms with Gasteiger partial charge in [0.15, 0.2) is 0 Å². The molecule has 1 saturated heterocycles. The van der Waals surface area contributed by atoms with Gasteiger partial charge in [-0.1, -0.05) is 42.5 Å². The van der Waals surface area contributed by atoms with E-state index in [1.807, 2.05) is 30.3 Å². The summed E-state index contributed by atoms with van der Waals surface area (Å²) in [7, 11) is 0. The third-order valence-corrected chi connectivity index (χ3v) is 4.90. The summed E-state index contributed by atoms with van der Waals surface area (Å²) in [4.78, 5) is 26.4. The Bertz CT molecular complexity index is 806. The lowest BCUT2D eigenvalue weighted by atomic mass is 9.96. The van der Waals surface area contributed by atoms with Gasteiger partial charge in [-0.3, -0.25) is 9.59 Å². The van der Waals surface area contributed by atoms with E-state index in [2.05, 4.69) is 5.32 Å². The number of carbonyl (C=O) groups is 2. The van der Waals surface area contributed by atoms with Crippen LogP contribution in [0.25, 0.3) is 0 Å². The molecule has 1 aliphatic rings. The number of amides is 2. The van der Waals surface area contributed by atoms with Crippen molar-refractivity contribution < 1.29 is 19.1 Å². The van der Waals surface area contributed by atoms with Crippen LogP contribution in [0.1, 0.15) is 30.9 Å². The molecule has 2 amide bonds. The molecule has 1 heterocycles. The molecule has 3 rings (SSSR count). The summed E-state index contributed by atoms with van der Waals surface area (Å²) < 4.78 is 13.1. The summed E-state index contributed by atoms with van der Waals surface area (Å²) in [6.07, 6.45) is 0.787. The predicted octanol–water partition coefficient (Wildman–Crippen LogP) is 2.34. The molecule has 27 heavy (non-hydrogen) atoms. The van der Waals surface area contributed by atoms with E-state index in [0.717, 1.165) is 5.56 Å². The van der Waals surface area contributed by atoms with Crippen LogP contribution < -0.4 is 5.32 Å². The highest BCUT2D eigenvalue weighted by molar-refractivity contribution is 5.90. The minimum atomic E-state index is -1.34. The topological polar surface area (TPSA) is 69.6 Å². The molecule has 5 nitrogen and oxygen atoms in total. The third kappa shape index (κ3) is 4.52. The average Bonchev–Trinajstić information content (AvgIpc) is 3.02. The highest BCUT2D eigenvalue weighted by Gasteiger charge is 2.36. The number of halogens is 1. The molecule has 0 aromatic heterocycles. The minimum Gasteiger partial charge on any atom is -0.384 e. The van der Waals surface area contributed by atoms with Crippen molar-refractivity contribution in [1.82, 2.24) is 10.2 Å². The van der Waals surface area contributed by atoms with Crippen LogP contribution in [0, 0.1) is 5.82 Å². The minimum absolute atomic E-state index is 0.0265. The summed E-state index contributed by atoms with van der Waals surface area (Å²) in [5.41, 5.74) is 0.132. The first kappa shape index (κ1) is 19.0. The van der Waals surface area contributed by atoms with Gasteiger partial charge in [-0.05, 0) is 36.6 Å². The molecule has 0 saturated carbocycles. The molecule has 1 aliphatic heterocycles. The van der Waals surface area contributed by atoms with Crippen molar-refractivity contribution in [2.45, 2.75) is 38.0 Å². The van der Waals surface area contributed by atoms with Crippen molar-refractivity contribution in [3.8, 4) is 0 Å². The fraction of sp³-hybridized carbons (Fsp3) is 0.333. The second kappa shape index (κ2) is 7.88. The van der Waals surface area contributed by atoms with E-state index in [1.165, 1.54) is 24.3 Å². The van der Waals surface area contributed by atoms with Crippen molar-refractivity contribution in [3.63, 3.8) is 0 Å². The fourth-order valence-corrected chi connectivity index (χ4v) is 3.27. The van der Waals surface area contributed by atoms with E-state index < -0.39 is 11.6 Å². The van der Waals surface area contributed by atoms with Crippen molar-refractivity contribution in [2.75, 3.05) is 6.54 Å². The summed E-state index contributed by atoms with van der Waals surface area (Å²) >= 11 is 0. The lowest BCUT2D eigenvalue weighted by Gasteiger charge is -2.28. The zero-order valence-electron chi connectivity index (χ0n) is 15.2. The maximum Gasteiger partial charge on any atom is 0.242 e.